The number of benzene rings is 1. The molecule has 2 N–H and O–H groups in total. The van der Waals surface area contributed by atoms with Gasteiger partial charge in [0.2, 0.25) is 0 Å². The van der Waals surface area contributed by atoms with E-state index in [1.165, 1.54) is 5.56 Å². The molecule has 0 spiro atoms. The van der Waals surface area contributed by atoms with Crippen LogP contribution in [-0.2, 0) is 4.74 Å². The van der Waals surface area contributed by atoms with Gasteiger partial charge in [0.05, 0.1) is 18.8 Å². The van der Waals surface area contributed by atoms with Crippen LogP contribution in [0.4, 0.5) is 0 Å². The Morgan fingerprint density at radius 3 is 2.67 bits per heavy atom. The number of ether oxygens (including phenoxy) is 1. The molecule has 2 nitrogen and oxygen atoms in total. The lowest BCUT2D eigenvalue weighted by molar-refractivity contribution is 0.0682. The Kier molecular flexibility index (Phi) is 4.77. The van der Waals surface area contributed by atoms with E-state index in [-0.39, 0.29) is 12.1 Å². The SMILES string of the molecule is Cc1c(Br)cccc1C(N)COC(C)C. The Morgan fingerprint density at radius 1 is 1.40 bits per heavy atom. The van der Waals surface area contributed by atoms with Gasteiger partial charge in [-0.25, -0.2) is 0 Å². The predicted octanol–water partition coefficient (Wildman–Crippen LogP) is 3.18. The summed E-state index contributed by atoms with van der Waals surface area (Å²) in [5, 5.41) is 0. The van der Waals surface area contributed by atoms with Crippen molar-refractivity contribution in [2.24, 2.45) is 5.73 Å². The van der Waals surface area contributed by atoms with Crippen molar-refractivity contribution in [3.63, 3.8) is 0 Å². The second-order valence-electron chi connectivity index (χ2n) is 3.94. The topological polar surface area (TPSA) is 35.2 Å². The molecule has 84 valence electrons. The molecule has 0 aliphatic carbocycles. The molecule has 3 heteroatoms. The van der Waals surface area contributed by atoms with Gasteiger partial charge in [0.1, 0.15) is 0 Å². The molecular weight excluding hydrogens is 254 g/mol. The Labute approximate surface area is 99.9 Å². The molecule has 0 saturated carbocycles. The van der Waals surface area contributed by atoms with Gasteiger partial charge in [-0.05, 0) is 38.0 Å². The molecule has 0 aliphatic rings. The maximum absolute atomic E-state index is 6.07. The molecule has 0 heterocycles. The standard InChI is InChI=1S/C12H18BrNO/c1-8(2)15-7-12(14)10-5-4-6-11(13)9(10)3/h4-6,8,12H,7,14H2,1-3H3. The maximum Gasteiger partial charge on any atom is 0.0662 e. The Hall–Kier alpha value is -0.380. The quantitative estimate of drug-likeness (QED) is 0.913. The van der Waals surface area contributed by atoms with Crippen LogP contribution in [-0.4, -0.2) is 12.7 Å². The van der Waals surface area contributed by atoms with Crippen molar-refractivity contribution in [2.75, 3.05) is 6.61 Å². The van der Waals surface area contributed by atoms with Gasteiger partial charge in [-0.2, -0.15) is 0 Å². The highest BCUT2D eigenvalue weighted by atomic mass is 79.9. The molecule has 0 amide bonds. The summed E-state index contributed by atoms with van der Waals surface area (Å²) < 4.78 is 6.61. The highest BCUT2D eigenvalue weighted by molar-refractivity contribution is 9.10. The third kappa shape index (κ3) is 3.59. The summed E-state index contributed by atoms with van der Waals surface area (Å²) in [6.45, 7) is 6.66. The fraction of sp³-hybridized carbons (Fsp3) is 0.500. The molecule has 1 unspecified atom stereocenters. The van der Waals surface area contributed by atoms with Crippen LogP contribution in [0.5, 0.6) is 0 Å². The van der Waals surface area contributed by atoms with Gasteiger partial charge in [0.25, 0.3) is 0 Å². The Morgan fingerprint density at radius 2 is 2.07 bits per heavy atom. The average Bonchev–Trinajstić information content (AvgIpc) is 2.18. The number of nitrogens with two attached hydrogens (primary N) is 1. The molecule has 0 saturated heterocycles. The molecule has 1 aromatic carbocycles. The van der Waals surface area contributed by atoms with Gasteiger partial charge in [-0.1, -0.05) is 28.1 Å². The first-order valence-corrected chi connectivity index (χ1v) is 5.94. The van der Waals surface area contributed by atoms with E-state index in [2.05, 4.69) is 28.9 Å². The van der Waals surface area contributed by atoms with Gasteiger partial charge in [-0.15, -0.1) is 0 Å². The third-order valence-corrected chi connectivity index (χ3v) is 3.18. The van der Waals surface area contributed by atoms with Gasteiger partial charge >= 0.3 is 0 Å². The second kappa shape index (κ2) is 5.64. The monoisotopic (exact) mass is 271 g/mol. The van der Waals surface area contributed by atoms with Crippen LogP contribution in [0.25, 0.3) is 0 Å². The van der Waals surface area contributed by atoms with Crippen LogP contribution in [0.2, 0.25) is 0 Å². The number of halogens is 1. The molecule has 1 rings (SSSR count). The van der Waals surface area contributed by atoms with Gasteiger partial charge in [-0.3, -0.25) is 0 Å². The normalized spacial score (nSPS) is 13.2. The molecule has 0 fully saturated rings. The summed E-state index contributed by atoms with van der Waals surface area (Å²) in [5.41, 5.74) is 8.40. The van der Waals surface area contributed by atoms with Crippen LogP contribution in [0, 0.1) is 6.92 Å². The first kappa shape index (κ1) is 12.7. The van der Waals surface area contributed by atoms with Crippen molar-refractivity contribution in [1.29, 1.82) is 0 Å². The van der Waals surface area contributed by atoms with Gasteiger partial charge < -0.3 is 10.5 Å². The van der Waals surface area contributed by atoms with E-state index in [1.54, 1.807) is 0 Å². The zero-order valence-corrected chi connectivity index (χ0v) is 11.0. The summed E-state index contributed by atoms with van der Waals surface area (Å²) in [7, 11) is 0. The van der Waals surface area contributed by atoms with E-state index >= 15 is 0 Å². The van der Waals surface area contributed by atoms with Gasteiger partial charge in [0, 0.05) is 4.47 Å². The summed E-state index contributed by atoms with van der Waals surface area (Å²) >= 11 is 3.50. The van der Waals surface area contributed by atoms with Crippen molar-refractivity contribution in [3.05, 3.63) is 33.8 Å². The van der Waals surface area contributed by atoms with E-state index in [4.69, 9.17) is 10.5 Å². The molecule has 1 aromatic rings. The lowest BCUT2D eigenvalue weighted by atomic mass is 10.0. The number of rotatable bonds is 4. The van der Waals surface area contributed by atoms with Crippen molar-refractivity contribution >= 4 is 15.9 Å². The lowest BCUT2D eigenvalue weighted by Gasteiger charge is -2.17. The second-order valence-corrected chi connectivity index (χ2v) is 4.80. The van der Waals surface area contributed by atoms with E-state index in [0.29, 0.717) is 6.61 Å². The van der Waals surface area contributed by atoms with Crippen molar-refractivity contribution in [3.8, 4) is 0 Å². The minimum Gasteiger partial charge on any atom is -0.377 e. The molecule has 0 aliphatic heterocycles. The Balaban J connectivity index is 2.73. The minimum atomic E-state index is -0.0510. The largest absolute Gasteiger partial charge is 0.377 e. The van der Waals surface area contributed by atoms with Crippen LogP contribution >= 0.6 is 15.9 Å². The van der Waals surface area contributed by atoms with E-state index in [0.717, 1.165) is 10.0 Å². The Bertz CT molecular complexity index is 325. The highest BCUT2D eigenvalue weighted by Gasteiger charge is 2.11. The van der Waals surface area contributed by atoms with E-state index in [9.17, 15) is 0 Å². The number of hydrogen-bond donors (Lipinski definition) is 1. The van der Waals surface area contributed by atoms with Crippen LogP contribution < -0.4 is 5.73 Å². The van der Waals surface area contributed by atoms with Crippen molar-refractivity contribution < 1.29 is 4.74 Å². The third-order valence-electron chi connectivity index (χ3n) is 2.32. The smallest absolute Gasteiger partial charge is 0.0662 e. The zero-order chi connectivity index (χ0) is 11.4. The van der Waals surface area contributed by atoms with Crippen LogP contribution in [0.1, 0.15) is 31.0 Å². The summed E-state index contributed by atoms with van der Waals surface area (Å²) in [6, 6.07) is 6.02. The molecule has 0 radical (unpaired) electrons. The maximum atomic E-state index is 6.07. The van der Waals surface area contributed by atoms with Crippen LogP contribution in [0.3, 0.4) is 0 Å². The molecular formula is C12H18BrNO. The van der Waals surface area contributed by atoms with E-state index < -0.39 is 0 Å². The number of hydrogen-bond acceptors (Lipinski definition) is 2. The lowest BCUT2D eigenvalue weighted by Crippen LogP contribution is -2.20. The molecule has 1 atom stereocenters. The fourth-order valence-corrected chi connectivity index (χ4v) is 1.79. The average molecular weight is 272 g/mol. The van der Waals surface area contributed by atoms with Crippen LogP contribution in [0.15, 0.2) is 22.7 Å². The van der Waals surface area contributed by atoms with Crippen molar-refractivity contribution in [2.45, 2.75) is 32.9 Å². The highest BCUT2D eigenvalue weighted by Crippen LogP contribution is 2.23. The minimum absolute atomic E-state index is 0.0510. The van der Waals surface area contributed by atoms with E-state index in [1.807, 2.05) is 26.0 Å². The van der Waals surface area contributed by atoms with Gasteiger partial charge in [0.15, 0.2) is 0 Å². The first-order valence-electron chi connectivity index (χ1n) is 5.14. The summed E-state index contributed by atoms with van der Waals surface area (Å²) in [6.07, 6.45) is 0.225. The predicted molar refractivity (Wildman–Crippen MR) is 66.9 cm³/mol. The first-order chi connectivity index (χ1) is 7.02. The summed E-state index contributed by atoms with van der Waals surface area (Å²) in [4.78, 5) is 0. The molecule has 0 bridgehead atoms. The van der Waals surface area contributed by atoms with Crippen molar-refractivity contribution in [1.82, 2.24) is 0 Å². The molecule has 0 aromatic heterocycles. The zero-order valence-electron chi connectivity index (χ0n) is 9.46. The molecule has 15 heavy (non-hydrogen) atoms. The summed E-state index contributed by atoms with van der Waals surface area (Å²) in [5.74, 6) is 0. The fourth-order valence-electron chi connectivity index (χ4n) is 1.41.